The molecule has 0 fully saturated rings. The Morgan fingerprint density at radius 1 is 0.471 bits per heavy atom. The van der Waals surface area contributed by atoms with Crippen LogP contribution in [-0.4, -0.2) is 4.98 Å². The van der Waals surface area contributed by atoms with Gasteiger partial charge in [0.05, 0.1) is 11.4 Å². The maximum atomic E-state index is 3.78. The Morgan fingerprint density at radius 2 is 1.16 bits per heavy atom. The smallest absolute Gasteiger partial charge is 0.0551 e. The number of aromatic amines is 1. The van der Waals surface area contributed by atoms with Gasteiger partial charge in [-0.15, -0.1) is 0 Å². The molecule has 0 unspecified atom stereocenters. The molecule has 8 aromatic carbocycles. The Kier molecular flexibility index (Phi) is 5.76. The van der Waals surface area contributed by atoms with Crippen molar-refractivity contribution in [1.29, 1.82) is 0 Å². The molecule has 2 heteroatoms. The fourth-order valence-corrected chi connectivity index (χ4v) is 9.10. The third kappa shape index (κ3) is 3.99. The molecule has 9 aromatic rings. The van der Waals surface area contributed by atoms with E-state index in [-0.39, 0.29) is 5.41 Å². The van der Waals surface area contributed by atoms with Gasteiger partial charge in [0.1, 0.15) is 0 Å². The van der Waals surface area contributed by atoms with Gasteiger partial charge < -0.3 is 9.88 Å². The van der Waals surface area contributed by atoms with Crippen LogP contribution in [0.5, 0.6) is 0 Å². The maximum absolute atomic E-state index is 3.78. The van der Waals surface area contributed by atoms with E-state index in [2.05, 4.69) is 188 Å². The molecule has 1 N–H and O–H groups in total. The molecule has 0 saturated carbocycles. The molecule has 0 aliphatic heterocycles. The van der Waals surface area contributed by atoms with Crippen LogP contribution >= 0.6 is 0 Å². The number of aromatic nitrogens is 1. The summed E-state index contributed by atoms with van der Waals surface area (Å²) in [5, 5.41) is 6.36. The SMILES string of the molecule is CC1(C)c2ccccc2-c2ccc(N(c3cccc(-c4ccc5[nH]c6c(c5c4)-c4cccc5cccc-6c45)c3)c3cccc4ccccc34)cc21. The molecule has 0 spiro atoms. The second-order valence-corrected chi connectivity index (χ2v) is 14.6. The number of H-pyrrole nitrogens is 1. The first-order valence-corrected chi connectivity index (χ1v) is 17.9. The number of rotatable bonds is 4. The van der Waals surface area contributed by atoms with E-state index in [1.807, 2.05) is 0 Å². The van der Waals surface area contributed by atoms with Crippen LogP contribution in [0, 0.1) is 0 Å². The number of benzene rings is 8. The summed E-state index contributed by atoms with van der Waals surface area (Å²) in [4.78, 5) is 6.23. The largest absolute Gasteiger partial charge is 0.354 e. The number of anilines is 3. The molecule has 1 aromatic heterocycles. The van der Waals surface area contributed by atoms with Gasteiger partial charge >= 0.3 is 0 Å². The third-order valence-electron chi connectivity index (χ3n) is 11.5. The summed E-state index contributed by atoms with van der Waals surface area (Å²) in [5.41, 5.74) is 17.5. The normalized spacial score (nSPS) is 13.5. The van der Waals surface area contributed by atoms with E-state index in [0.29, 0.717) is 0 Å². The van der Waals surface area contributed by atoms with Crippen molar-refractivity contribution in [3.63, 3.8) is 0 Å². The first-order valence-electron chi connectivity index (χ1n) is 17.9. The summed E-state index contributed by atoms with van der Waals surface area (Å²) in [5.74, 6) is 0. The van der Waals surface area contributed by atoms with E-state index in [1.165, 1.54) is 93.9 Å². The van der Waals surface area contributed by atoms with E-state index in [1.54, 1.807) is 0 Å². The average molecular weight is 651 g/mol. The van der Waals surface area contributed by atoms with Gasteiger partial charge in [-0.1, -0.05) is 135 Å². The summed E-state index contributed by atoms with van der Waals surface area (Å²) in [6.07, 6.45) is 0. The molecule has 2 aliphatic carbocycles. The van der Waals surface area contributed by atoms with Crippen LogP contribution in [0.15, 0.2) is 164 Å². The monoisotopic (exact) mass is 650 g/mol. The minimum Gasteiger partial charge on any atom is -0.354 e. The molecule has 1 heterocycles. The van der Waals surface area contributed by atoms with E-state index in [9.17, 15) is 0 Å². The Morgan fingerprint density at radius 3 is 2.08 bits per heavy atom. The van der Waals surface area contributed by atoms with Gasteiger partial charge in [0.15, 0.2) is 0 Å². The minimum absolute atomic E-state index is 0.0928. The van der Waals surface area contributed by atoms with Gasteiger partial charge in [0.25, 0.3) is 0 Å². The van der Waals surface area contributed by atoms with Gasteiger partial charge in [-0.25, -0.2) is 0 Å². The van der Waals surface area contributed by atoms with Crippen molar-refractivity contribution in [3.8, 4) is 44.6 Å². The Balaban J connectivity index is 1.09. The second-order valence-electron chi connectivity index (χ2n) is 14.6. The summed E-state index contributed by atoms with van der Waals surface area (Å²) >= 11 is 0. The van der Waals surface area contributed by atoms with E-state index in [0.717, 1.165) is 11.4 Å². The summed E-state index contributed by atoms with van der Waals surface area (Å²) < 4.78 is 0. The molecule has 2 aliphatic rings. The van der Waals surface area contributed by atoms with Crippen LogP contribution in [0.2, 0.25) is 0 Å². The van der Waals surface area contributed by atoms with Gasteiger partial charge in [-0.3, -0.25) is 0 Å². The van der Waals surface area contributed by atoms with Gasteiger partial charge in [-0.05, 0) is 97.6 Å². The predicted molar refractivity (Wildman–Crippen MR) is 215 cm³/mol. The Bertz CT molecular complexity index is 2890. The lowest BCUT2D eigenvalue weighted by Gasteiger charge is -2.29. The van der Waals surface area contributed by atoms with Crippen molar-refractivity contribution in [2.45, 2.75) is 19.3 Å². The van der Waals surface area contributed by atoms with Crippen molar-refractivity contribution in [2.24, 2.45) is 0 Å². The van der Waals surface area contributed by atoms with Crippen molar-refractivity contribution in [3.05, 3.63) is 175 Å². The highest BCUT2D eigenvalue weighted by atomic mass is 15.1. The highest BCUT2D eigenvalue weighted by molar-refractivity contribution is 6.21. The lowest BCUT2D eigenvalue weighted by atomic mass is 9.82. The highest BCUT2D eigenvalue weighted by Gasteiger charge is 2.36. The van der Waals surface area contributed by atoms with Crippen molar-refractivity contribution in [1.82, 2.24) is 4.98 Å². The molecular weight excluding hydrogens is 617 g/mol. The zero-order valence-corrected chi connectivity index (χ0v) is 28.5. The van der Waals surface area contributed by atoms with Crippen molar-refractivity contribution < 1.29 is 0 Å². The first-order chi connectivity index (χ1) is 25.0. The van der Waals surface area contributed by atoms with E-state index in [4.69, 9.17) is 0 Å². The standard InChI is InChI=1S/C49H34N2/c1-49(2)42-21-6-5-18-37(42)38-25-24-35(29-43(38)49)51(45-22-10-12-30-11-3-4-17-36(30)45)34-16-7-15-32(27-34)33-23-26-44-41(28-33)47-39-19-8-13-31-14-9-20-40(46(31)39)48(47)50-44/h3-29,50H,1-2H3. The zero-order valence-electron chi connectivity index (χ0n) is 28.5. The predicted octanol–water partition coefficient (Wildman–Crippen LogP) is 13.6. The van der Waals surface area contributed by atoms with Crippen LogP contribution in [0.3, 0.4) is 0 Å². The summed E-state index contributed by atoms with van der Waals surface area (Å²) in [6.45, 7) is 4.72. The molecule has 0 radical (unpaired) electrons. The number of hydrogen-bond donors (Lipinski definition) is 1. The Hall–Kier alpha value is -6.38. The molecular formula is C49H34N2. The first kappa shape index (κ1) is 28.5. The van der Waals surface area contributed by atoms with Crippen LogP contribution < -0.4 is 4.90 Å². The fraction of sp³-hybridized carbons (Fsp3) is 0.0612. The van der Waals surface area contributed by atoms with Crippen LogP contribution in [0.4, 0.5) is 17.1 Å². The summed E-state index contributed by atoms with van der Waals surface area (Å²) in [6, 6.07) is 60.6. The molecule has 0 bridgehead atoms. The highest BCUT2D eigenvalue weighted by Crippen LogP contribution is 2.52. The Labute approximate surface area is 297 Å². The number of nitrogens with one attached hydrogen (secondary N) is 1. The van der Waals surface area contributed by atoms with Crippen LogP contribution in [-0.2, 0) is 5.41 Å². The number of fused-ring (bicyclic) bond motifs is 9. The van der Waals surface area contributed by atoms with Gasteiger partial charge in [-0.2, -0.15) is 0 Å². The topological polar surface area (TPSA) is 19.0 Å². The minimum atomic E-state index is -0.0928. The zero-order chi connectivity index (χ0) is 33.8. The van der Waals surface area contributed by atoms with Gasteiger partial charge in [0.2, 0.25) is 0 Å². The van der Waals surface area contributed by atoms with E-state index < -0.39 is 0 Å². The quantitative estimate of drug-likeness (QED) is 0.201. The molecule has 0 amide bonds. The lowest BCUT2D eigenvalue weighted by Crippen LogP contribution is -2.16. The third-order valence-corrected chi connectivity index (χ3v) is 11.5. The van der Waals surface area contributed by atoms with Gasteiger partial charge in [0, 0.05) is 44.2 Å². The van der Waals surface area contributed by atoms with Crippen molar-refractivity contribution in [2.75, 3.05) is 4.90 Å². The summed E-state index contributed by atoms with van der Waals surface area (Å²) in [7, 11) is 0. The average Bonchev–Trinajstić information content (AvgIpc) is 3.78. The molecule has 0 atom stereocenters. The van der Waals surface area contributed by atoms with Crippen LogP contribution in [0.25, 0.3) is 77.1 Å². The fourth-order valence-electron chi connectivity index (χ4n) is 9.10. The number of nitrogens with zero attached hydrogens (tertiary/aromatic N) is 1. The lowest BCUT2D eigenvalue weighted by molar-refractivity contribution is 0.660. The molecule has 2 nitrogen and oxygen atoms in total. The maximum Gasteiger partial charge on any atom is 0.0551 e. The van der Waals surface area contributed by atoms with E-state index >= 15 is 0 Å². The number of hydrogen-bond acceptors (Lipinski definition) is 1. The van der Waals surface area contributed by atoms with Crippen molar-refractivity contribution >= 4 is 49.5 Å². The molecule has 51 heavy (non-hydrogen) atoms. The molecule has 240 valence electrons. The molecule has 11 rings (SSSR count). The second kappa shape index (κ2) is 10.3. The molecule has 0 saturated heterocycles. The van der Waals surface area contributed by atoms with Crippen LogP contribution in [0.1, 0.15) is 25.0 Å².